The Morgan fingerprint density at radius 2 is 2.31 bits per heavy atom. The molecule has 1 aliphatic rings. The van der Waals surface area contributed by atoms with Crippen LogP contribution in [0.3, 0.4) is 0 Å². The van der Waals surface area contributed by atoms with Crippen molar-refractivity contribution in [1.82, 2.24) is 4.90 Å². The zero-order valence-corrected chi connectivity index (χ0v) is 7.87. The molecular formula is C9H13NO3. The first kappa shape index (κ1) is 9.92. The quantitative estimate of drug-likeness (QED) is 0.591. The first-order valence-electron chi connectivity index (χ1n) is 4.12. The Kier molecular flexibility index (Phi) is 2.83. The zero-order valence-electron chi connectivity index (χ0n) is 7.87. The van der Waals surface area contributed by atoms with Crippen molar-refractivity contribution in [3.63, 3.8) is 0 Å². The van der Waals surface area contributed by atoms with Crippen LogP contribution in [0.5, 0.6) is 0 Å². The highest BCUT2D eigenvalue weighted by atomic mass is 16.5. The molecule has 4 nitrogen and oxygen atoms in total. The van der Waals surface area contributed by atoms with E-state index >= 15 is 0 Å². The second-order valence-corrected chi connectivity index (χ2v) is 3.08. The van der Waals surface area contributed by atoms with Gasteiger partial charge in [-0.25, -0.2) is 0 Å². The standard InChI is InChI=1S/C9H13NO3/c1-6(2)9(12)10-7(11)4-5-8(10)13-3/h8H,1,4-5H2,2-3H3. The molecule has 0 radical (unpaired) electrons. The molecule has 1 rings (SSSR count). The number of likely N-dealkylation sites (tertiary alicyclic amines) is 1. The van der Waals surface area contributed by atoms with E-state index in [0.717, 1.165) is 4.90 Å². The summed E-state index contributed by atoms with van der Waals surface area (Å²) in [5.41, 5.74) is 0.359. The third-order valence-electron chi connectivity index (χ3n) is 2.02. The van der Waals surface area contributed by atoms with Crippen molar-refractivity contribution >= 4 is 11.8 Å². The first-order valence-corrected chi connectivity index (χ1v) is 4.12. The first-order chi connectivity index (χ1) is 6.07. The number of imide groups is 1. The Balaban J connectivity index is 2.81. The van der Waals surface area contributed by atoms with Gasteiger partial charge in [0.1, 0.15) is 6.23 Å². The molecule has 0 aromatic heterocycles. The molecule has 0 aliphatic carbocycles. The molecular weight excluding hydrogens is 170 g/mol. The van der Waals surface area contributed by atoms with Gasteiger partial charge in [0.05, 0.1) is 0 Å². The molecule has 0 aromatic carbocycles. The molecule has 1 fully saturated rings. The predicted molar refractivity (Wildman–Crippen MR) is 46.7 cm³/mol. The number of hydrogen-bond acceptors (Lipinski definition) is 3. The highest BCUT2D eigenvalue weighted by Crippen LogP contribution is 2.20. The molecule has 0 N–H and O–H groups in total. The van der Waals surface area contributed by atoms with Crippen LogP contribution >= 0.6 is 0 Å². The Morgan fingerprint density at radius 3 is 2.77 bits per heavy atom. The molecule has 1 unspecified atom stereocenters. The smallest absolute Gasteiger partial charge is 0.257 e. The number of hydrogen-bond donors (Lipinski definition) is 0. The highest BCUT2D eigenvalue weighted by Gasteiger charge is 2.35. The molecule has 0 saturated carbocycles. The van der Waals surface area contributed by atoms with Crippen LogP contribution < -0.4 is 0 Å². The lowest BCUT2D eigenvalue weighted by Gasteiger charge is -2.21. The number of carbonyl (C=O) groups excluding carboxylic acids is 2. The molecule has 1 heterocycles. The maximum atomic E-state index is 11.5. The van der Waals surface area contributed by atoms with E-state index < -0.39 is 6.23 Å². The summed E-state index contributed by atoms with van der Waals surface area (Å²) >= 11 is 0. The topological polar surface area (TPSA) is 46.6 Å². The van der Waals surface area contributed by atoms with Crippen LogP contribution in [-0.2, 0) is 14.3 Å². The Bertz CT molecular complexity index is 260. The number of methoxy groups -OCH3 is 1. The van der Waals surface area contributed by atoms with Crippen molar-refractivity contribution in [2.45, 2.75) is 26.0 Å². The van der Waals surface area contributed by atoms with Crippen LogP contribution in [0.4, 0.5) is 0 Å². The van der Waals surface area contributed by atoms with Crippen molar-refractivity contribution in [1.29, 1.82) is 0 Å². The summed E-state index contributed by atoms with van der Waals surface area (Å²) in [6.45, 7) is 5.09. The van der Waals surface area contributed by atoms with E-state index in [-0.39, 0.29) is 11.8 Å². The molecule has 0 bridgehead atoms. The molecule has 0 aromatic rings. The lowest BCUT2D eigenvalue weighted by atomic mass is 10.3. The highest BCUT2D eigenvalue weighted by molar-refractivity contribution is 6.04. The van der Waals surface area contributed by atoms with Crippen LogP contribution in [-0.4, -0.2) is 30.1 Å². The van der Waals surface area contributed by atoms with Gasteiger partial charge in [0.2, 0.25) is 5.91 Å². The fraction of sp³-hybridized carbons (Fsp3) is 0.556. The molecule has 72 valence electrons. The van der Waals surface area contributed by atoms with E-state index in [1.54, 1.807) is 6.92 Å². The summed E-state index contributed by atoms with van der Waals surface area (Å²) in [5.74, 6) is -0.519. The van der Waals surface area contributed by atoms with Gasteiger partial charge in [-0.05, 0) is 6.92 Å². The minimum Gasteiger partial charge on any atom is -0.361 e. The van der Waals surface area contributed by atoms with Gasteiger partial charge in [0.25, 0.3) is 5.91 Å². The summed E-state index contributed by atoms with van der Waals surface area (Å²) in [6, 6.07) is 0. The maximum Gasteiger partial charge on any atom is 0.257 e. The van der Waals surface area contributed by atoms with E-state index in [0.29, 0.717) is 18.4 Å². The van der Waals surface area contributed by atoms with E-state index in [9.17, 15) is 9.59 Å². The van der Waals surface area contributed by atoms with Gasteiger partial charge in [0.15, 0.2) is 0 Å². The summed E-state index contributed by atoms with van der Waals surface area (Å²) in [4.78, 5) is 23.9. The lowest BCUT2D eigenvalue weighted by Crippen LogP contribution is -2.39. The van der Waals surface area contributed by atoms with Crippen LogP contribution in [0, 0.1) is 0 Å². The fourth-order valence-electron chi connectivity index (χ4n) is 1.33. The predicted octanol–water partition coefficient (Wildman–Crippen LogP) is 0.684. The Hall–Kier alpha value is -1.16. The average molecular weight is 183 g/mol. The summed E-state index contributed by atoms with van der Waals surface area (Å²) < 4.78 is 5.01. The van der Waals surface area contributed by atoms with Crippen molar-refractivity contribution in [3.8, 4) is 0 Å². The fourth-order valence-corrected chi connectivity index (χ4v) is 1.33. The summed E-state index contributed by atoms with van der Waals surface area (Å²) in [7, 11) is 1.49. The molecule has 4 heteroatoms. The van der Waals surface area contributed by atoms with Crippen LogP contribution in [0.1, 0.15) is 19.8 Å². The number of ether oxygens (including phenoxy) is 1. The second-order valence-electron chi connectivity index (χ2n) is 3.08. The molecule has 1 aliphatic heterocycles. The van der Waals surface area contributed by atoms with Gasteiger partial charge >= 0.3 is 0 Å². The zero-order chi connectivity index (χ0) is 10.0. The minimum atomic E-state index is -0.406. The van der Waals surface area contributed by atoms with Crippen molar-refractivity contribution in [2.75, 3.05) is 7.11 Å². The van der Waals surface area contributed by atoms with Crippen molar-refractivity contribution < 1.29 is 14.3 Å². The molecule has 1 atom stereocenters. The van der Waals surface area contributed by atoms with Gasteiger partial charge in [-0.3, -0.25) is 14.5 Å². The number of nitrogens with zero attached hydrogens (tertiary/aromatic N) is 1. The number of amides is 2. The largest absolute Gasteiger partial charge is 0.361 e. The van der Waals surface area contributed by atoms with Gasteiger partial charge in [-0.2, -0.15) is 0 Å². The maximum absolute atomic E-state index is 11.5. The summed E-state index contributed by atoms with van der Waals surface area (Å²) in [6.07, 6.45) is 0.544. The van der Waals surface area contributed by atoms with E-state index in [4.69, 9.17) is 4.74 Å². The van der Waals surface area contributed by atoms with Crippen LogP contribution in [0.2, 0.25) is 0 Å². The van der Waals surface area contributed by atoms with Crippen molar-refractivity contribution in [3.05, 3.63) is 12.2 Å². The van der Waals surface area contributed by atoms with E-state index in [1.807, 2.05) is 0 Å². The van der Waals surface area contributed by atoms with Gasteiger partial charge in [0, 0.05) is 25.5 Å². The number of rotatable bonds is 2. The lowest BCUT2D eigenvalue weighted by molar-refractivity contribution is -0.148. The van der Waals surface area contributed by atoms with Crippen molar-refractivity contribution in [2.24, 2.45) is 0 Å². The monoisotopic (exact) mass is 183 g/mol. The van der Waals surface area contributed by atoms with Gasteiger partial charge in [-0.1, -0.05) is 6.58 Å². The number of carbonyl (C=O) groups is 2. The van der Waals surface area contributed by atoms with Gasteiger partial charge in [-0.15, -0.1) is 0 Å². The van der Waals surface area contributed by atoms with Gasteiger partial charge < -0.3 is 4.74 Å². The normalized spacial score (nSPS) is 22.2. The third kappa shape index (κ3) is 1.78. The molecule has 13 heavy (non-hydrogen) atoms. The molecule has 1 saturated heterocycles. The SMILES string of the molecule is C=C(C)C(=O)N1C(=O)CCC1OC. The summed E-state index contributed by atoms with van der Waals surface area (Å²) in [5, 5.41) is 0. The molecule has 2 amide bonds. The average Bonchev–Trinajstić information content (AvgIpc) is 2.45. The minimum absolute atomic E-state index is 0.181. The Morgan fingerprint density at radius 1 is 1.69 bits per heavy atom. The van der Waals surface area contributed by atoms with E-state index in [1.165, 1.54) is 7.11 Å². The third-order valence-corrected chi connectivity index (χ3v) is 2.02. The van der Waals surface area contributed by atoms with Crippen LogP contribution in [0.15, 0.2) is 12.2 Å². The second kappa shape index (κ2) is 3.70. The molecule has 0 spiro atoms. The van der Waals surface area contributed by atoms with Crippen LogP contribution in [0.25, 0.3) is 0 Å². The van der Waals surface area contributed by atoms with E-state index in [2.05, 4.69) is 6.58 Å². The Labute approximate surface area is 77.2 Å².